The summed E-state index contributed by atoms with van der Waals surface area (Å²) in [6.07, 6.45) is -7.88. The molecule has 0 bridgehead atoms. The van der Waals surface area contributed by atoms with Gasteiger partial charge in [-0.15, -0.1) is 0 Å². The molecule has 0 atom stereocenters. The highest BCUT2D eigenvalue weighted by Crippen LogP contribution is 2.64. The molecule has 3 nitrogen and oxygen atoms in total. The van der Waals surface area contributed by atoms with Gasteiger partial charge >= 0.3 is 57.1 Å². The first-order valence-corrected chi connectivity index (χ1v) is 12.9. The first kappa shape index (κ1) is 34.9. The number of alkyl halides is 17. The van der Waals surface area contributed by atoms with Crippen molar-refractivity contribution in [3.63, 3.8) is 0 Å². The smallest absolute Gasteiger partial charge is 0.310 e. The molecule has 0 aliphatic heterocycles. The molecule has 0 saturated heterocycles. The number of hydrogen-bond acceptors (Lipinski definition) is 3. The second-order valence-electron chi connectivity index (χ2n) is 8.76. The molecule has 0 radical (unpaired) electrons. The van der Waals surface area contributed by atoms with Crippen LogP contribution in [-0.4, -0.2) is 63.7 Å². The van der Waals surface area contributed by atoms with Crippen molar-refractivity contribution in [1.82, 2.24) is 0 Å². The Morgan fingerprint density at radius 3 is 1.00 bits per heavy atom. The van der Waals surface area contributed by atoms with Crippen LogP contribution in [0.4, 0.5) is 74.6 Å². The molecule has 0 aromatic rings. The minimum Gasteiger partial charge on any atom is -0.310 e. The van der Waals surface area contributed by atoms with Gasteiger partial charge in [0.2, 0.25) is 8.32 Å². The Hall–Kier alpha value is -1.06. The summed E-state index contributed by atoms with van der Waals surface area (Å²) in [6.45, 7) is 4.50. The SMILES string of the molecule is CC(C)(C)[Si](C)(C)OS(=O)(=O)C(F)(F)C(F)(F)C(F)(F)C(F)(F)C(F)(F)C(F)(F)C(F)(F)C(F)(F)F. The normalized spacial score (nSPS) is 16.9. The third-order valence-corrected chi connectivity index (χ3v) is 12.2. The molecule has 0 saturated carbocycles. The average molecular weight is 614 g/mol. The van der Waals surface area contributed by atoms with Crippen molar-refractivity contribution in [2.75, 3.05) is 0 Å². The fourth-order valence-electron chi connectivity index (χ4n) is 1.76. The summed E-state index contributed by atoms with van der Waals surface area (Å²) >= 11 is 0. The van der Waals surface area contributed by atoms with E-state index in [4.69, 9.17) is 0 Å². The van der Waals surface area contributed by atoms with Crippen LogP contribution >= 0.6 is 0 Å². The van der Waals surface area contributed by atoms with Crippen LogP contribution in [0.3, 0.4) is 0 Å². The molecule has 0 unspecified atom stereocenters. The van der Waals surface area contributed by atoms with Gasteiger partial charge in [0, 0.05) is 0 Å². The second-order valence-corrected chi connectivity index (χ2v) is 15.4. The summed E-state index contributed by atoms with van der Waals surface area (Å²) in [5.41, 5.74) is 0. The summed E-state index contributed by atoms with van der Waals surface area (Å²) in [7, 11) is -11.8. The molecule has 0 aliphatic rings. The van der Waals surface area contributed by atoms with Crippen LogP contribution in [0.15, 0.2) is 0 Å². The molecule has 0 aromatic heterocycles. The maximum atomic E-state index is 14.0. The minimum atomic E-state index is -8.86. The summed E-state index contributed by atoms with van der Waals surface area (Å²) in [4.78, 5) is 0. The monoisotopic (exact) mass is 614 g/mol. The van der Waals surface area contributed by atoms with E-state index < -0.39 is 70.4 Å². The second kappa shape index (κ2) is 8.47. The van der Waals surface area contributed by atoms with Gasteiger partial charge in [-0.1, -0.05) is 20.8 Å². The van der Waals surface area contributed by atoms with Crippen molar-refractivity contribution in [3.8, 4) is 0 Å². The van der Waals surface area contributed by atoms with Crippen LogP contribution < -0.4 is 0 Å². The van der Waals surface area contributed by atoms with E-state index in [1.54, 1.807) is 0 Å². The van der Waals surface area contributed by atoms with Crippen molar-refractivity contribution in [2.45, 2.75) is 85.9 Å². The van der Waals surface area contributed by atoms with Gasteiger partial charge in [0.15, 0.2) is 0 Å². The van der Waals surface area contributed by atoms with Gasteiger partial charge in [0.25, 0.3) is 0 Å². The van der Waals surface area contributed by atoms with Crippen molar-refractivity contribution in [3.05, 3.63) is 0 Å². The lowest BCUT2D eigenvalue weighted by Crippen LogP contribution is -2.75. The number of rotatable bonds is 9. The highest BCUT2D eigenvalue weighted by molar-refractivity contribution is 7.89. The average Bonchev–Trinajstić information content (AvgIpc) is 2.57. The van der Waals surface area contributed by atoms with Gasteiger partial charge in [0.1, 0.15) is 0 Å². The summed E-state index contributed by atoms with van der Waals surface area (Å²) in [5, 5.41) is -9.17. The molecule has 0 amide bonds. The highest BCUT2D eigenvalue weighted by atomic mass is 32.2. The van der Waals surface area contributed by atoms with E-state index >= 15 is 0 Å². The Morgan fingerprint density at radius 1 is 0.500 bits per heavy atom. The van der Waals surface area contributed by atoms with Crippen LogP contribution in [0.5, 0.6) is 0 Å². The van der Waals surface area contributed by atoms with Crippen LogP contribution in [0, 0.1) is 0 Å². The molecule has 0 fully saturated rings. The predicted molar refractivity (Wildman–Crippen MR) is 87.9 cm³/mol. The van der Waals surface area contributed by atoms with Crippen LogP contribution in [0.1, 0.15) is 20.8 Å². The van der Waals surface area contributed by atoms with E-state index in [9.17, 15) is 83.1 Å². The lowest BCUT2D eigenvalue weighted by molar-refractivity contribution is -0.458. The molecule has 36 heavy (non-hydrogen) atoms. The first-order chi connectivity index (χ1) is 15.0. The fourth-order valence-corrected chi connectivity index (χ4v) is 5.81. The Morgan fingerprint density at radius 2 is 0.750 bits per heavy atom. The maximum Gasteiger partial charge on any atom is 0.460 e. The van der Waals surface area contributed by atoms with E-state index in [0.717, 1.165) is 20.8 Å². The van der Waals surface area contributed by atoms with E-state index in [1.165, 1.54) is 0 Å². The van der Waals surface area contributed by atoms with Crippen molar-refractivity contribution in [2.24, 2.45) is 0 Å². The zero-order valence-corrected chi connectivity index (χ0v) is 19.9. The molecular weight excluding hydrogens is 599 g/mol. The molecule has 0 N–H and O–H groups in total. The molecule has 0 aromatic carbocycles. The fraction of sp³-hybridized carbons (Fsp3) is 1.00. The highest BCUT2D eigenvalue weighted by Gasteiger charge is 2.96. The standard InChI is InChI=1S/C14H15F17O3SSi/c1-6(2,3)36(4,5)34-35(32,33)14(30,31)12(25,26)10(21,22)8(17,18)7(15,16)9(19,20)11(23,24)13(27,28)29/h1-5H3. The number of halogens is 17. The quantitative estimate of drug-likeness (QED) is 0.202. The zero-order chi connectivity index (χ0) is 30.2. The molecular formula is C14H15F17O3SSi. The van der Waals surface area contributed by atoms with Gasteiger partial charge in [-0.3, -0.25) is 0 Å². The van der Waals surface area contributed by atoms with Gasteiger partial charge in [0.05, 0.1) is 0 Å². The summed E-state index contributed by atoms with van der Waals surface area (Å²) in [5.74, 6) is -51.8. The van der Waals surface area contributed by atoms with E-state index in [2.05, 4.69) is 3.87 Å². The molecule has 218 valence electrons. The Balaban J connectivity index is 7.01. The minimum absolute atomic E-state index is 0.694. The van der Waals surface area contributed by atoms with E-state index in [-0.39, 0.29) is 0 Å². The lowest BCUT2D eigenvalue weighted by atomic mass is 9.91. The third-order valence-electron chi connectivity index (χ3n) is 5.13. The zero-order valence-electron chi connectivity index (χ0n) is 18.1. The molecule has 0 spiro atoms. The Labute approximate surface area is 192 Å². The van der Waals surface area contributed by atoms with Crippen LogP contribution in [0.25, 0.3) is 0 Å². The first-order valence-electron chi connectivity index (χ1n) is 8.62. The van der Waals surface area contributed by atoms with Crippen LogP contribution in [-0.2, 0) is 14.0 Å². The van der Waals surface area contributed by atoms with Crippen molar-refractivity contribution in [1.29, 1.82) is 0 Å². The Bertz CT molecular complexity index is 931. The van der Waals surface area contributed by atoms with E-state index in [1.807, 2.05) is 0 Å². The van der Waals surface area contributed by atoms with Crippen molar-refractivity contribution >= 4 is 18.4 Å². The van der Waals surface area contributed by atoms with Gasteiger partial charge in [-0.2, -0.15) is 83.1 Å². The largest absolute Gasteiger partial charge is 0.460 e. The molecule has 0 aliphatic carbocycles. The topological polar surface area (TPSA) is 43.4 Å². The Kier molecular flexibility index (Phi) is 8.22. The third kappa shape index (κ3) is 4.55. The van der Waals surface area contributed by atoms with Gasteiger partial charge < -0.3 is 3.87 Å². The molecule has 22 heteroatoms. The number of hydrogen-bond donors (Lipinski definition) is 0. The summed E-state index contributed by atoms with van der Waals surface area (Å²) < 4.78 is 252. The van der Waals surface area contributed by atoms with Gasteiger partial charge in [-0.05, 0) is 18.1 Å². The lowest BCUT2D eigenvalue weighted by Gasteiger charge is -2.43. The van der Waals surface area contributed by atoms with E-state index in [0.29, 0.717) is 13.1 Å². The maximum absolute atomic E-state index is 14.0. The van der Waals surface area contributed by atoms with Gasteiger partial charge in [-0.25, -0.2) is 0 Å². The molecule has 0 rings (SSSR count). The summed E-state index contributed by atoms with van der Waals surface area (Å²) in [6, 6.07) is 0. The molecule has 0 heterocycles. The van der Waals surface area contributed by atoms with Crippen LogP contribution in [0.2, 0.25) is 18.1 Å². The van der Waals surface area contributed by atoms with Crippen molar-refractivity contribution < 1.29 is 86.9 Å². The predicted octanol–water partition coefficient (Wildman–Crippen LogP) is 7.30.